The highest BCUT2D eigenvalue weighted by atomic mass is 16.5. The van der Waals surface area contributed by atoms with Crippen LogP contribution in [-0.2, 0) is 22.5 Å². The Morgan fingerprint density at radius 3 is 2.59 bits per heavy atom. The van der Waals surface area contributed by atoms with Crippen LogP contribution >= 0.6 is 0 Å². The Bertz CT molecular complexity index is 1200. The molecule has 178 valence electrons. The normalized spacial score (nSPS) is 12.8. The van der Waals surface area contributed by atoms with Crippen molar-refractivity contribution in [2.45, 2.75) is 32.7 Å². The fourth-order valence-electron chi connectivity index (χ4n) is 4.08. The number of carbonyl (C=O) groups is 3. The molecular weight excluding hydrogens is 434 g/mol. The summed E-state index contributed by atoms with van der Waals surface area (Å²) in [6.07, 6.45) is 2.71. The molecule has 0 bridgehead atoms. The fourth-order valence-corrected chi connectivity index (χ4v) is 4.08. The first-order chi connectivity index (χ1) is 16.5. The Balaban J connectivity index is 1.36. The summed E-state index contributed by atoms with van der Waals surface area (Å²) in [6.45, 7) is 3.64. The Hall–Kier alpha value is -3.81. The van der Waals surface area contributed by atoms with E-state index in [0.29, 0.717) is 37.2 Å². The van der Waals surface area contributed by atoms with Crippen molar-refractivity contribution in [3.63, 3.8) is 0 Å². The molecule has 8 heteroatoms. The van der Waals surface area contributed by atoms with E-state index in [1.807, 2.05) is 6.07 Å². The van der Waals surface area contributed by atoms with Crippen LogP contribution in [0.2, 0.25) is 0 Å². The van der Waals surface area contributed by atoms with Crippen molar-refractivity contribution in [1.82, 2.24) is 15.2 Å². The Kier molecular flexibility index (Phi) is 7.15. The quantitative estimate of drug-likeness (QED) is 0.394. The Morgan fingerprint density at radius 1 is 1.09 bits per heavy atom. The van der Waals surface area contributed by atoms with Gasteiger partial charge in [0.2, 0.25) is 5.91 Å². The fraction of sp³-hybridized carbons (Fsp3) is 0.346. The van der Waals surface area contributed by atoms with Crippen LogP contribution in [0.3, 0.4) is 0 Å². The standard InChI is InChI=1S/C26H29N3O5/c1-3-4-13-34-19-8-5-17(6-9-19)25(31)27-15-24(30)29-12-11-23-21(16-29)20-14-18(26(32)33-2)7-10-22(20)28-23/h5-10,14,28H,3-4,11-13,15-16H2,1-2H3,(H,27,31). The Morgan fingerprint density at radius 2 is 1.85 bits per heavy atom. The molecule has 1 aromatic heterocycles. The molecule has 0 fully saturated rings. The van der Waals surface area contributed by atoms with Crippen molar-refractivity contribution < 1.29 is 23.9 Å². The zero-order valence-electron chi connectivity index (χ0n) is 19.5. The minimum absolute atomic E-state index is 0.0846. The lowest BCUT2D eigenvalue weighted by Crippen LogP contribution is -2.42. The van der Waals surface area contributed by atoms with Gasteiger partial charge in [-0.1, -0.05) is 13.3 Å². The number of fused-ring (bicyclic) bond motifs is 3. The number of ether oxygens (including phenoxy) is 2. The molecule has 34 heavy (non-hydrogen) atoms. The molecule has 3 aromatic rings. The van der Waals surface area contributed by atoms with Crippen molar-refractivity contribution in [1.29, 1.82) is 0 Å². The van der Waals surface area contributed by atoms with Gasteiger partial charge in [-0.3, -0.25) is 9.59 Å². The monoisotopic (exact) mass is 463 g/mol. The number of carbonyl (C=O) groups excluding carboxylic acids is 3. The number of esters is 1. The minimum Gasteiger partial charge on any atom is -0.494 e. The average Bonchev–Trinajstić information content (AvgIpc) is 3.24. The lowest BCUT2D eigenvalue weighted by molar-refractivity contribution is -0.131. The maximum Gasteiger partial charge on any atom is 0.337 e. The van der Waals surface area contributed by atoms with Crippen LogP contribution in [0.5, 0.6) is 5.75 Å². The van der Waals surface area contributed by atoms with Gasteiger partial charge in [-0.25, -0.2) is 4.79 Å². The van der Waals surface area contributed by atoms with Gasteiger partial charge in [0.15, 0.2) is 0 Å². The summed E-state index contributed by atoms with van der Waals surface area (Å²) in [5, 5.41) is 3.62. The molecule has 4 rings (SSSR count). The Labute approximate surface area is 198 Å². The first kappa shape index (κ1) is 23.4. The maximum atomic E-state index is 12.8. The van der Waals surface area contributed by atoms with E-state index in [4.69, 9.17) is 9.47 Å². The average molecular weight is 464 g/mol. The molecule has 2 aromatic carbocycles. The third-order valence-corrected chi connectivity index (χ3v) is 6.03. The smallest absolute Gasteiger partial charge is 0.337 e. The van der Waals surface area contributed by atoms with E-state index in [2.05, 4.69) is 17.2 Å². The number of benzene rings is 2. The van der Waals surface area contributed by atoms with Crippen LogP contribution < -0.4 is 10.1 Å². The number of hydrogen-bond donors (Lipinski definition) is 2. The van der Waals surface area contributed by atoms with E-state index >= 15 is 0 Å². The second-order valence-corrected chi connectivity index (χ2v) is 8.31. The molecule has 0 spiro atoms. The largest absolute Gasteiger partial charge is 0.494 e. The van der Waals surface area contributed by atoms with Crippen LogP contribution in [-0.4, -0.2) is 54.5 Å². The van der Waals surface area contributed by atoms with E-state index in [-0.39, 0.29) is 18.4 Å². The van der Waals surface area contributed by atoms with Gasteiger partial charge in [0.1, 0.15) is 5.75 Å². The van der Waals surface area contributed by atoms with Crippen LogP contribution in [0.15, 0.2) is 42.5 Å². The number of aromatic amines is 1. The molecule has 0 unspecified atom stereocenters. The predicted octanol–water partition coefficient (Wildman–Crippen LogP) is 3.45. The third kappa shape index (κ3) is 5.06. The predicted molar refractivity (Wildman–Crippen MR) is 128 cm³/mol. The van der Waals surface area contributed by atoms with Crippen LogP contribution in [0, 0.1) is 0 Å². The van der Waals surface area contributed by atoms with Crippen molar-refractivity contribution in [2.24, 2.45) is 0 Å². The van der Waals surface area contributed by atoms with Crippen molar-refractivity contribution in [3.05, 3.63) is 64.8 Å². The van der Waals surface area contributed by atoms with Crippen molar-refractivity contribution in [3.8, 4) is 5.75 Å². The van der Waals surface area contributed by atoms with E-state index in [1.165, 1.54) is 7.11 Å². The second kappa shape index (κ2) is 10.4. The number of aromatic nitrogens is 1. The zero-order chi connectivity index (χ0) is 24.1. The van der Waals surface area contributed by atoms with Gasteiger partial charge in [-0.2, -0.15) is 0 Å². The highest BCUT2D eigenvalue weighted by Gasteiger charge is 2.25. The summed E-state index contributed by atoms with van der Waals surface area (Å²) in [4.78, 5) is 42.4. The van der Waals surface area contributed by atoms with Crippen LogP contribution in [0.1, 0.15) is 51.7 Å². The number of H-pyrrole nitrogens is 1. The maximum absolute atomic E-state index is 12.8. The number of hydrogen-bond acceptors (Lipinski definition) is 5. The van der Waals surface area contributed by atoms with Crippen LogP contribution in [0.4, 0.5) is 0 Å². The summed E-state index contributed by atoms with van der Waals surface area (Å²) >= 11 is 0. The third-order valence-electron chi connectivity index (χ3n) is 6.03. The van der Waals surface area contributed by atoms with Gasteiger partial charge >= 0.3 is 5.97 Å². The molecule has 0 atom stereocenters. The van der Waals surface area contributed by atoms with E-state index in [0.717, 1.165) is 40.8 Å². The number of rotatable bonds is 8. The summed E-state index contributed by atoms with van der Waals surface area (Å²) in [6, 6.07) is 12.3. The number of amides is 2. The summed E-state index contributed by atoms with van der Waals surface area (Å²) < 4.78 is 10.4. The number of nitrogens with one attached hydrogen (secondary N) is 2. The molecular formula is C26H29N3O5. The van der Waals surface area contributed by atoms with E-state index in [1.54, 1.807) is 41.3 Å². The molecule has 0 aliphatic carbocycles. The molecule has 0 saturated heterocycles. The topological polar surface area (TPSA) is 101 Å². The van der Waals surface area contributed by atoms with Gasteiger partial charge in [0.05, 0.1) is 25.8 Å². The summed E-state index contributed by atoms with van der Waals surface area (Å²) in [5.74, 6) is -0.138. The van der Waals surface area contributed by atoms with Crippen molar-refractivity contribution in [2.75, 3.05) is 26.8 Å². The lowest BCUT2D eigenvalue weighted by Gasteiger charge is -2.27. The molecule has 2 amide bonds. The minimum atomic E-state index is -0.399. The molecule has 1 aliphatic heterocycles. The first-order valence-electron chi connectivity index (χ1n) is 11.5. The highest BCUT2D eigenvalue weighted by Crippen LogP contribution is 2.29. The molecule has 0 saturated carbocycles. The molecule has 8 nitrogen and oxygen atoms in total. The number of methoxy groups -OCH3 is 1. The van der Waals surface area contributed by atoms with Gasteiger partial charge < -0.3 is 24.7 Å². The molecule has 1 aliphatic rings. The lowest BCUT2D eigenvalue weighted by atomic mass is 10.0. The molecule has 0 radical (unpaired) electrons. The summed E-state index contributed by atoms with van der Waals surface area (Å²) in [7, 11) is 1.35. The first-order valence-corrected chi connectivity index (χ1v) is 11.5. The van der Waals surface area contributed by atoms with Gasteiger partial charge in [-0.05, 0) is 48.9 Å². The van der Waals surface area contributed by atoms with E-state index in [9.17, 15) is 14.4 Å². The molecule has 2 heterocycles. The van der Waals surface area contributed by atoms with Crippen molar-refractivity contribution >= 4 is 28.7 Å². The van der Waals surface area contributed by atoms with Gasteiger partial charge in [0, 0.05) is 47.2 Å². The number of unbranched alkanes of at least 4 members (excludes halogenated alkanes) is 1. The van der Waals surface area contributed by atoms with Gasteiger partial charge in [0.25, 0.3) is 5.91 Å². The second-order valence-electron chi connectivity index (χ2n) is 8.31. The highest BCUT2D eigenvalue weighted by molar-refractivity contribution is 5.97. The van der Waals surface area contributed by atoms with Crippen LogP contribution in [0.25, 0.3) is 10.9 Å². The number of nitrogens with zero attached hydrogens (tertiary/aromatic N) is 1. The zero-order valence-corrected chi connectivity index (χ0v) is 19.5. The van der Waals surface area contributed by atoms with Gasteiger partial charge in [-0.15, -0.1) is 0 Å². The summed E-state index contributed by atoms with van der Waals surface area (Å²) in [5.41, 5.74) is 3.91. The molecule has 2 N–H and O–H groups in total. The van der Waals surface area contributed by atoms with E-state index < -0.39 is 5.97 Å². The SMILES string of the molecule is CCCCOc1ccc(C(=O)NCC(=O)N2CCc3[nH]c4ccc(C(=O)OC)cc4c3C2)cc1.